The van der Waals surface area contributed by atoms with Crippen LogP contribution >= 0.6 is 22.6 Å². The summed E-state index contributed by atoms with van der Waals surface area (Å²) in [5.74, 6) is -0.412. The van der Waals surface area contributed by atoms with Gasteiger partial charge in [0.1, 0.15) is 12.6 Å². The molecule has 0 spiro atoms. The van der Waals surface area contributed by atoms with Crippen LogP contribution < -0.4 is 5.32 Å². The Kier molecular flexibility index (Phi) is 4.97. The number of nitrogens with one attached hydrogen (secondary N) is 1. The molecule has 118 valence electrons. The summed E-state index contributed by atoms with van der Waals surface area (Å²) in [7, 11) is 0. The number of carbonyl (C=O) groups is 2. The van der Waals surface area contributed by atoms with Crippen LogP contribution in [0.2, 0.25) is 0 Å². The van der Waals surface area contributed by atoms with Gasteiger partial charge in [-0.3, -0.25) is 14.5 Å². The van der Waals surface area contributed by atoms with Crippen LogP contribution in [0.15, 0.2) is 24.3 Å². The highest BCUT2D eigenvalue weighted by Crippen LogP contribution is 2.26. The standard InChI is InChI=1S/C16H19IN2O3/c17-11-4-6-12(7-5-11)18-15(20)9-14-16(21)22-10-13-3-1-2-8-19(13)14/h4-7,13-14H,1-3,8-10H2,(H,18,20)/t13-,14+/m1/s1. The SMILES string of the molecule is O=C(C[C@H]1C(=O)OC[C@H]2CCCCN21)Nc1ccc(I)cc1. The van der Waals surface area contributed by atoms with Gasteiger partial charge in [-0.2, -0.15) is 0 Å². The molecule has 5 nitrogen and oxygen atoms in total. The molecule has 0 aromatic heterocycles. The fourth-order valence-corrected chi connectivity index (χ4v) is 3.50. The van der Waals surface area contributed by atoms with E-state index in [-0.39, 0.29) is 24.3 Å². The second kappa shape index (κ2) is 6.95. The number of anilines is 1. The van der Waals surface area contributed by atoms with E-state index < -0.39 is 6.04 Å². The van der Waals surface area contributed by atoms with Crippen molar-refractivity contribution in [2.45, 2.75) is 37.8 Å². The number of morpholine rings is 1. The van der Waals surface area contributed by atoms with Crippen LogP contribution in [0.5, 0.6) is 0 Å². The van der Waals surface area contributed by atoms with Crippen LogP contribution in [0.1, 0.15) is 25.7 Å². The van der Waals surface area contributed by atoms with Gasteiger partial charge in [-0.25, -0.2) is 0 Å². The summed E-state index contributed by atoms with van der Waals surface area (Å²) in [6, 6.07) is 7.44. The summed E-state index contributed by atoms with van der Waals surface area (Å²) in [5, 5.41) is 2.86. The maximum atomic E-state index is 12.2. The molecule has 2 heterocycles. The first-order valence-electron chi connectivity index (χ1n) is 7.61. The van der Waals surface area contributed by atoms with Crippen molar-refractivity contribution in [1.82, 2.24) is 4.90 Å². The van der Waals surface area contributed by atoms with Gasteiger partial charge in [-0.15, -0.1) is 0 Å². The normalized spacial score (nSPS) is 25.2. The lowest BCUT2D eigenvalue weighted by atomic mass is 9.97. The predicted octanol–water partition coefficient (Wildman–Crippen LogP) is 2.40. The second-order valence-corrected chi connectivity index (χ2v) is 7.04. The molecular formula is C16H19IN2O3. The molecule has 0 unspecified atom stereocenters. The van der Waals surface area contributed by atoms with Gasteiger partial charge in [0.05, 0.1) is 6.42 Å². The number of halogens is 1. The number of esters is 1. The molecule has 1 amide bonds. The van der Waals surface area contributed by atoms with Gasteiger partial charge in [-0.1, -0.05) is 6.42 Å². The van der Waals surface area contributed by atoms with E-state index >= 15 is 0 Å². The van der Waals surface area contributed by atoms with E-state index in [9.17, 15) is 9.59 Å². The van der Waals surface area contributed by atoms with Crippen LogP contribution in [0, 0.1) is 3.57 Å². The zero-order valence-electron chi connectivity index (χ0n) is 12.3. The molecule has 1 N–H and O–H groups in total. The summed E-state index contributed by atoms with van der Waals surface area (Å²) in [6.45, 7) is 1.34. The molecule has 22 heavy (non-hydrogen) atoms. The topological polar surface area (TPSA) is 58.6 Å². The van der Waals surface area contributed by atoms with Crippen LogP contribution in [0.4, 0.5) is 5.69 Å². The lowest BCUT2D eigenvalue weighted by molar-refractivity contribution is -0.165. The Bertz CT molecular complexity index is 561. The third-order valence-electron chi connectivity index (χ3n) is 4.27. The maximum Gasteiger partial charge on any atom is 0.323 e. The van der Waals surface area contributed by atoms with Crippen LogP contribution in [-0.2, 0) is 14.3 Å². The molecule has 2 saturated heterocycles. The highest BCUT2D eigenvalue weighted by atomic mass is 127. The molecule has 1 aromatic carbocycles. The van der Waals surface area contributed by atoms with Crippen molar-refractivity contribution in [2.75, 3.05) is 18.5 Å². The van der Waals surface area contributed by atoms with Crippen molar-refractivity contribution < 1.29 is 14.3 Å². The lowest BCUT2D eigenvalue weighted by Gasteiger charge is -2.43. The summed E-state index contributed by atoms with van der Waals surface area (Å²) in [5.41, 5.74) is 0.754. The molecule has 2 aliphatic heterocycles. The van der Waals surface area contributed by atoms with Crippen LogP contribution in [0.25, 0.3) is 0 Å². The summed E-state index contributed by atoms with van der Waals surface area (Å²) >= 11 is 2.22. The molecule has 0 radical (unpaired) electrons. The maximum absolute atomic E-state index is 12.2. The second-order valence-electron chi connectivity index (χ2n) is 5.79. The smallest absolute Gasteiger partial charge is 0.323 e. The third kappa shape index (κ3) is 3.60. The first kappa shape index (κ1) is 15.7. The zero-order valence-corrected chi connectivity index (χ0v) is 14.4. The van der Waals surface area contributed by atoms with Crippen molar-refractivity contribution in [1.29, 1.82) is 0 Å². The number of piperidine rings is 1. The van der Waals surface area contributed by atoms with Crippen molar-refractivity contribution in [3.63, 3.8) is 0 Å². The van der Waals surface area contributed by atoms with Gasteiger partial charge < -0.3 is 10.1 Å². The Morgan fingerprint density at radius 3 is 2.86 bits per heavy atom. The zero-order chi connectivity index (χ0) is 15.5. The molecule has 0 saturated carbocycles. The molecule has 2 aliphatic rings. The Hall–Kier alpha value is -1.15. The van der Waals surface area contributed by atoms with Crippen molar-refractivity contribution >= 4 is 40.2 Å². The fraction of sp³-hybridized carbons (Fsp3) is 0.500. The first-order valence-corrected chi connectivity index (χ1v) is 8.69. The van der Waals surface area contributed by atoms with E-state index in [0.717, 1.165) is 28.6 Å². The van der Waals surface area contributed by atoms with Crippen molar-refractivity contribution in [2.24, 2.45) is 0 Å². The van der Waals surface area contributed by atoms with Crippen LogP contribution in [0.3, 0.4) is 0 Å². The Morgan fingerprint density at radius 1 is 1.32 bits per heavy atom. The molecule has 2 atom stereocenters. The van der Waals surface area contributed by atoms with E-state index in [0.29, 0.717) is 6.61 Å². The number of ether oxygens (including phenoxy) is 1. The highest BCUT2D eigenvalue weighted by molar-refractivity contribution is 14.1. The molecule has 6 heteroatoms. The van der Waals surface area contributed by atoms with Gasteiger partial charge in [0.15, 0.2) is 0 Å². The van der Waals surface area contributed by atoms with Crippen molar-refractivity contribution in [3.05, 3.63) is 27.8 Å². The van der Waals surface area contributed by atoms with Crippen molar-refractivity contribution in [3.8, 4) is 0 Å². The van der Waals surface area contributed by atoms with E-state index in [2.05, 4.69) is 32.8 Å². The predicted molar refractivity (Wildman–Crippen MR) is 91.5 cm³/mol. The first-order chi connectivity index (χ1) is 10.6. The number of nitrogens with zero attached hydrogens (tertiary/aromatic N) is 1. The van der Waals surface area contributed by atoms with Gasteiger partial charge >= 0.3 is 5.97 Å². The van der Waals surface area contributed by atoms with Gasteiger partial charge in [0, 0.05) is 15.3 Å². The monoisotopic (exact) mass is 414 g/mol. The quantitative estimate of drug-likeness (QED) is 0.610. The number of hydrogen-bond acceptors (Lipinski definition) is 4. The number of fused-ring (bicyclic) bond motifs is 1. The minimum absolute atomic E-state index is 0.144. The van der Waals surface area contributed by atoms with E-state index in [1.807, 2.05) is 24.3 Å². The fourth-order valence-electron chi connectivity index (χ4n) is 3.14. The van der Waals surface area contributed by atoms with Gasteiger partial charge in [0.2, 0.25) is 5.91 Å². The average Bonchev–Trinajstić information content (AvgIpc) is 2.52. The van der Waals surface area contributed by atoms with E-state index in [4.69, 9.17) is 4.74 Å². The highest BCUT2D eigenvalue weighted by Gasteiger charge is 2.40. The molecular weight excluding hydrogens is 395 g/mol. The molecule has 2 fully saturated rings. The molecule has 3 rings (SSSR count). The number of carbonyl (C=O) groups excluding carboxylic acids is 2. The van der Waals surface area contributed by atoms with Gasteiger partial charge in [-0.05, 0) is 66.2 Å². The molecule has 1 aromatic rings. The van der Waals surface area contributed by atoms with E-state index in [1.54, 1.807) is 0 Å². The number of benzene rings is 1. The van der Waals surface area contributed by atoms with Crippen LogP contribution in [-0.4, -0.2) is 42.0 Å². The summed E-state index contributed by atoms with van der Waals surface area (Å²) in [4.78, 5) is 26.4. The van der Waals surface area contributed by atoms with Gasteiger partial charge in [0.25, 0.3) is 0 Å². The largest absolute Gasteiger partial charge is 0.463 e. The summed E-state index contributed by atoms with van der Waals surface area (Å²) < 4.78 is 6.38. The molecule has 0 aliphatic carbocycles. The van der Waals surface area contributed by atoms with E-state index in [1.165, 1.54) is 6.42 Å². The number of amides is 1. The minimum atomic E-state index is -0.442. The number of cyclic esters (lactones) is 1. The number of rotatable bonds is 3. The molecule has 0 bridgehead atoms. The minimum Gasteiger partial charge on any atom is -0.463 e. The Balaban J connectivity index is 1.63. The average molecular weight is 414 g/mol. The number of hydrogen-bond donors (Lipinski definition) is 1. The lowest BCUT2D eigenvalue weighted by Crippen LogP contribution is -2.57. The summed E-state index contributed by atoms with van der Waals surface area (Å²) in [6.07, 6.45) is 3.45. The Labute approximate surface area is 143 Å². The third-order valence-corrected chi connectivity index (χ3v) is 4.99. The Morgan fingerprint density at radius 2 is 2.09 bits per heavy atom.